The topological polar surface area (TPSA) is 57.9 Å². The molecule has 0 saturated heterocycles. The molecule has 4 heteroatoms. The predicted molar refractivity (Wildman–Crippen MR) is 69.3 cm³/mol. The zero-order chi connectivity index (χ0) is 13.2. The van der Waals surface area contributed by atoms with Crippen molar-refractivity contribution in [2.45, 2.75) is 64.0 Å². The molecule has 1 aliphatic carbocycles. The van der Waals surface area contributed by atoms with Crippen LogP contribution >= 0.6 is 0 Å². The van der Waals surface area contributed by atoms with Gasteiger partial charge in [0.25, 0.3) is 0 Å². The maximum absolute atomic E-state index is 12.0. The van der Waals surface area contributed by atoms with Gasteiger partial charge in [-0.2, -0.15) is 5.26 Å². The van der Waals surface area contributed by atoms with Gasteiger partial charge in [0.1, 0.15) is 0 Å². The largest absolute Gasteiger partial charge is 0.228 e. The highest BCUT2D eigenvalue weighted by atomic mass is 32.2. The Bertz CT molecular complexity index is 392. The van der Waals surface area contributed by atoms with E-state index >= 15 is 0 Å². The lowest BCUT2D eigenvalue weighted by Crippen LogP contribution is -2.33. The van der Waals surface area contributed by atoms with Crippen molar-refractivity contribution in [2.24, 2.45) is 5.41 Å². The molecule has 3 nitrogen and oxygen atoms in total. The van der Waals surface area contributed by atoms with Crippen LogP contribution in [0.4, 0.5) is 0 Å². The van der Waals surface area contributed by atoms with Crippen molar-refractivity contribution < 1.29 is 8.42 Å². The predicted octanol–water partition coefficient (Wildman–Crippen LogP) is 3.06. The molecular formula is C13H23NO2S. The molecule has 0 bridgehead atoms. The summed E-state index contributed by atoms with van der Waals surface area (Å²) in [7, 11) is -3.10. The second-order valence-electron chi connectivity index (χ2n) is 6.13. The van der Waals surface area contributed by atoms with Crippen LogP contribution in [0.2, 0.25) is 0 Å². The minimum Gasteiger partial charge on any atom is -0.228 e. The van der Waals surface area contributed by atoms with Gasteiger partial charge in [0.2, 0.25) is 0 Å². The second kappa shape index (κ2) is 4.97. The van der Waals surface area contributed by atoms with Crippen LogP contribution in [0.3, 0.4) is 0 Å². The highest BCUT2D eigenvalue weighted by Crippen LogP contribution is 2.39. The lowest BCUT2D eigenvalue weighted by Gasteiger charge is -2.31. The van der Waals surface area contributed by atoms with Crippen LogP contribution < -0.4 is 0 Å². The summed E-state index contributed by atoms with van der Waals surface area (Å²) in [5.74, 6) is 0.143. The van der Waals surface area contributed by atoms with Gasteiger partial charge >= 0.3 is 0 Å². The second-order valence-corrected chi connectivity index (χ2v) is 9.00. The molecule has 0 radical (unpaired) electrons. The van der Waals surface area contributed by atoms with Gasteiger partial charge in [-0.15, -0.1) is 0 Å². The van der Waals surface area contributed by atoms with Crippen molar-refractivity contribution in [2.75, 3.05) is 5.75 Å². The summed E-state index contributed by atoms with van der Waals surface area (Å²) in [5.41, 5.74) is -0.378. The van der Waals surface area contributed by atoms with Crippen molar-refractivity contribution >= 4 is 9.84 Å². The average Bonchev–Trinajstić information content (AvgIpc) is 2.26. The van der Waals surface area contributed by atoms with E-state index in [0.29, 0.717) is 6.42 Å². The number of nitrogens with zero attached hydrogens (tertiary/aromatic N) is 1. The summed E-state index contributed by atoms with van der Waals surface area (Å²) in [6.45, 7) is 5.17. The van der Waals surface area contributed by atoms with E-state index in [-0.39, 0.29) is 11.2 Å². The molecule has 0 heterocycles. The van der Waals surface area contributed by atoms with Gasteiger partial charge in [-0.25, -0.2) is 8.42 Å². The third-order valence-electron chi connectivity index (χ3n) is 3.83. The van der Waals surface area contributed by atoms with Gasteiger partial charge in [0.05, 0.1) is 22.0 Å². The van der Waals surface area contributed by atoms with Gasteiger partial charge in [0.15, 0.2) is 9.84 Å². The smallest absolute Gasteiger partial charge is 0.155 e. The molecule has 1 rings (SSSR count). The van der Waals surface area contributed by atoms with Gasteiger partial charge in [-0.1, -0.05) is 19.3 Å². The molecule has 0 aliphatic heterocycles. The van der Waals surface area contributed by atoms with Crippen LogP contribution in [-0.4, -0.2) is 18.9 Å². The van der Waals surface area contributed by atoms with E-state index in [4.69, 9.17) is 0 Å². The van der Waals surface area contributed by atoms with E-state index in [1.807, 2.05) is 0 Å². The number of sulfone groups is 1. The quantitative estimate of drug-likeness (QED) is 0.780. The van der Waals surface area contributed by atoms with Crippen LogP contribution in [0, 0.1) is 16.7 Å². The third-order valence-corrected chi connectivity index (χ3v) is 6.44. The normalized spacial score (nSPS) is 20.8. The zero-order valence-corrected chi connectivity index (χ0v) is 11.9. The number of nitriles is 1. The Labute approximate surface area is 105 Å². The Hall–Kier alpha value is -0.560. The van der Waals surface area contributed by atoms with Crippen molar-refractivity contribution in [1.29, 1.82) is 5.26 Å². The first-order valence-electron chi connectivity index (χ1n) is 6.36. The Morgan fingerprint density at radius 1 is 1.18 bits per heavy atom. The Balaban J connectivity index is 2.70. The lowest BCUT2D eigenvalue weighted by molar-refractivity contribution is 0.259. The Kier molecular flexibility index (Phi) is 4.24. The monoisotopic (exact) mass is 257 g/mol. The lowest BCUT2D eigenvalue weighted by atomic mass is 9.73. The van der Waals surface area contributed by atoms with E-state index in [9.17, 15) is 13.7 Å². The van der Waals surface area contributed by atoms with Crippen LogP contribution in [-0.2, 0) is 9.84 Å². The summed E-state index contributed by atoms with van der Waals surface area (Å²) in [6, 6.07) is 2.38. The molecule has 1 aliphatic rings. The standard InChI is InChI=1S/C13H23NO2S/c1-12(2,3)17(15,16)10-9-13(11-14)7-5-4-6-8-13/h4-10H2,1-3H3. The van der Waals surface area contributed by atoms with Crippen molar-refractivity contribution in [3.8, 4) is 6.07 Å². The number of hydrogen-bond acceptors (Lipinski definition) is 3. The molecule has 0 aromatic carbocycles. The molecule has 0 N–H and O–H groups in total. The van der Waals surface area contributed by atoms with Crippen LogP contribution in [0.15, 0.2) is 0 Å². The average molecular weight is 257 g/mol. The highest BCUT2D eigenvalue weighted by Gasteiger charge is 2.36. The Morgan fingerprint density at radius 2 is 1.71 bits per heavy atom. The third kappa shape index (κ3) is 3.45. The zero-order valence-electron chi connectivity index (χ0n) is 11.1. The fourth-order valence-electron chi connectivity index (χ4n) is 2.28. The maximum atomic E-state index is 12.0. The number of hydrogen-bond donors (Lipinski definition) is 0. The molecule has 0 atom stereocenters. The number of rotatable bonds is 3. The molecule has 98 valence electrons. The summed E-state index contributed by atoms with van der Waals surface area (Å²) >= 11 is 0. The molecule has 0 amide bonds. The Morgan fingerprint density at radius 3 is 2.12 bits per heavy atom. The fourth-order valence-corrected chi connectivity index (χ4v) is 3.55. The molecule has 0 unspecified atom stereocenters. The van der Waals surface area contributed by atoms with Crippen LogP contribution in [0.1, 0.15) is 59.3 Å². The summed E-state index contributed by atoms with van der Waals surface area (Å²) in [5, 5.41) is 9.30. The van der Waals surface area contributed by atoms with Crippen molar-refractivity contribution in [1.82, 2.24) is 0 Å². The highest BCUT2D eigenvalue weighted by molar-refractivity contribution is 7.92. The van der Waals surface area contributed by atoms with E-state index in [0.717, 1.165) is 25.7 Å². The van der Waals surface area contributed by atoms with E-state index < -0.39 is 14.6 Å². The minimum atomic E-state index is -3.10. The first kappa shape index (κ1) is 14.5. The van der Waals surface area contributed by atoms with Gasteiger partial charge in [-0.05, 0) is 40.0 Å². The van der Waals surface area contributed by atoms with Gasteiger partial charge < -0.3 is 0 Å². The van der Waals surface area contributed by atoms with Crippen LogP contribution in [0.25, 0.3) is 0 Å². The molecule has 1 fully saturated rings. The summed E-state index contributed by atoms with van der Waals surface area (Å²) < 4.78 is 23.4. The maximum Gasteiger partial charge on any atom is 0.155 e. The molecule has 1 saturated carbocycles. The molecule has 17 heavy (non-hydrogen) atoms. The molecule has 0 aromatic rings. The summed E-state index contributed by atoms with van der Waals surface area (Å²) in [4.78, 5) is 0. The van der Waals surface area contributed by atoms with E-state index in [2.05, 4.69) is 6.07 Å². The molecule has 0 aromatic heterocycles. The van der Waals surface area contributed by atoms with Crippen molar-refractivity contribution in [3.63, 3.8) is 0 Å². The minimum absolute atomic E-state index is 0.143. The molecule has 0 spiro atoms. The SMILES string of the molecule is CC(C)(C)S(=O)(=O)CCC1(C#N)CCCCC1. The molecular weight excluding hydrogens is 234 g/mol. The summed E-state index contributed by atoms with van der Waals surface area (Å²) in [6.07, 6.45) is 5.52. The van der Waals surface area contributed by atoms with Crippen molar-refractivity contribution in [3.05, 3.63) is 0 Å². The van der Waals surface area contributed by atoms with Gasteiger partial charge in [-0.3, -0.25) is 0 Å². The fraction of sp³-hybridized carbons (Fsp3) is 0.923. The first-order valence-corrected chi connectivity index (χ1v) is 8.01. The van der Waals surface area contributed by atoms with Gasteiger partial charge in [0, 0.05) is 0 Å². The first-order chi connectivity index (χ1) is 7.72. The van der Waals surface area contributed by atoms with E-state index in [1.165, 1.54) is 6.42 Å². The van der Waals surface area contributed by atoms with Crippen LogP contribution in [0.5, 0.6) is 0 Å². The van der Waals surface area contributed by atoms with E-state index in [1.54, 1.807) is 20.8 Å².